The third-order valence-corrected chi connectivity index (χ3v) is 6.71. The molecule has 0 radical (unpaired) electrons. The van der Waals surface area contributed by atoms with Gasteiger partial charge in [-0.25, -0.2) is 8.42 Å². The summed E-state index contributed by atoms with van der Waals surface area (Å²) in [6.45, 7) is 0. The van der Waals surface area contributed by atoms with Crippen molar-refractivity contribution in [3.8, 4) is 0 Å². The summed E-state index contributed by atoms with van der Waals surface area (Å²) in [7, 11) is -3.26. The minimum Gasteiger partial charge on any atom is -0.286 e. The fourth-order valence-electron chi connectivity index (χ4n) is 3.12. The molecule has 0 spiro atoms. The van der Waals surface area contributed by atoms with Crippen LogP contribution in [0.4, 0.5) is 4.79 Å². The summed E-state index contributed by atoms with van der Waals surface area (Å²) in [5, 5.41) is 0.839. The number of rotatable bonds is 2. The molecule has 1 aliphatic carbocycles. The van der Waals surface area contributed by atoms with E-state index in [1.165, 1.54) is 6.26 Å². The third-order valence-electron chi connectivity index (χ3n) is 4.06. The molecule has 1 aromatic rings. The van der Waals surface area contributed by atoms with Gasteiger partial charge in [0.2, 0.25) is 5.91 Å². The number of carbonyl (C=O) groups is 2. The van der Waals surface area contributed by atoms with Crippen molar-refractivity contribution in [1.82, 2.24) is 5.32 Å². The van der Waals surface area contributed by atoms with Crippen molar-refractivity contribution in [2.24, 2.45) is 5.92 Å². The van der Waals surface area contributed by atoms with Crippen molar-refractivity contribution in [2.45, 2.75) is 23.3 Å². The van der Waals surface area contributed by atoms with Crippen molar-refractivity contribution in [1.29, 1.82) is 0 Å². The molecule has 3 atom stereocenters. The largest absolute Gasteiger partial charge is 0.286 e. The zero-order valence-electron chi connectivity index (χ0n) is 11.4. The summed E-state index contributed by atoms with van der Waals surface area (Å²) in [6.07, 6.45) is 2.23. The van der Waals surface area contributed by atoms with E-state index in [2.05, 4.69) is 5.32 Å². The molecule has 2 unspecified atom stereocenters. The Kier molecular flexibility index (Phi) is 3.57. The Morgan fingerprint density at radius 1 is 1.24 bits per heavy atom. The number of sulfone groups is 1. The highest BCUT2D eigenvalue weighted by molar-refractivity contribution is 8.15. The number of hydrogen-bond donors (Lipinski definition) is 1. The zero-order valence-corrected chi connectivity index (χ0v) is 13.0. The molecule has 112 valence electrons. The first-order valence-corrected chi connectivity index (χ1v) is 9.48. The van der Waals surface area contributed by atoms with Crippen LogP contribution in [0.25, 0.3) is 0 Å². The SMILES string of the molecule is CS(=O)(=O)C1C[C@H](C2SC(=O)NC2=O)Cc2ccccc21. The maximum absolute atomic E-state index is 12.1. The van der Waals surface area contributed by atoms with E-state index in [1.54, 1.807) is 0 Å². The molecular formula is C14H15NO4S2. The molecule has 7 heteroatoms. The molecule has 1 aliphatic heterocycles. The standard InChI is InChI=1S/C14H15NO4S2/c1-21(18,19)11-7-9(12-13(16)15-14(17)20-12)6-8-4-2-3-5-10(8)11/h2-5,9,11-12H,6-7H2,1H3,(H,15,16,17)/t9-,11?,12?/m1/s1. The highest BCUT2D eigenvalue weighted by atomic mass is 32.2. The lowest BCUT2D eigenvalue weighted by Gasteiger charge is -2.32. The van der Waals surface area contributed by atoms with Crippen LogP contribution in [0.3, 0.4) is 0 Å². The van der Waals surface area contributed by atoms with Crippen LogP contribution in [-0.4, -0.2) is 31.1 Å². The Bertz CT molecular complexity index is 713. The fourth-order valence-corrected chi connectivity index (χ4v) is 5.36. The number of fused-ring (bicyclic) bond motifs is 1. The lowest BCUT2D eigenvalue weighted by Crippen LogP contribution is -2.35. The van der Waals surface area contributed by atoms with Gasteiger partial charge in [0.1, 0.15) is 0 Å². The van der Waals surface area contributed by atoms with Gasteiger partial charge in [-0.05, 0) is 29.9 Å². The zero-order chi connectivity index (χ0) is 15.2. The number of amides is 2. The Morgan fingerprint density at radius 2 is 1.95 bits per heavy atom. The quantitative estimate of drug-likeness (QED) is 0.895. The molecule has 1 saturated heterocycles. The van der Waals surface area contributed by atoms with E-state index < -0.39 is 20.3 Å². The predicted octanol–water partition coefficient (Wildman–Crippen LogP) is 1.69. The van der Waals surface area contributed by atoms with Crippen LogP contribution < -0.4 is 5.32 Å². The van der Waals surface area contributed by atoms with Crippen LogP contribution in [0.2, 0.25) is 0 Å². The van der Waals surface area contributed by atoms with Gasteiger partial charge in [0.25, 0.3) is 5.24 Å². The Labute approximate surface area is 127 Å². The van der Waals surface area contributed by atoms with E-state index in [0.717, 1.165) is 22.9 Å². The molecular weight excluding hydrogens is 310 g/mol. The van der Waals surface area contributed by atoms with E-state index in [9.17, 15) is 18.0 Å². The van der Waals surface area contributed by atoms with Gasteiger partial charge >= 0.3 is 0 Å². The van der Waals surface area contributed by atoms with E-state index in [1.807, 2.05) is 24.3 Å². The summed E-state index contributed by atoms with van der Waals surface area (Å²) in [5.74, 6) is -0.447. The molecule has 1 aromatic carbocycles. The molecule has 2 aliphatic rings. The van der Waals surface area contributed by atoms with Gasteiger partial charge in [0.15, 0.2) is 9.84 Å². The van der Waals surface area contributed by atoms with Gasteiger partial charge in [-0.2, -0.15) is 0 Å². The third kappa shape index (κ3) is 2.72. The predicted molar refractivity (Wildman–Crippen MR) is 80.8 cm³/mol. The number of nitrogens with one attached hydrogen (secondary N) is 1. The van der Waals surface area contributed by atoms with Crippen molar-refractivity contribution < 1.29 is 18.0 Å². The molecule has 21 heavy (non-hydrogen) atoms. The van der Waals surface area contributed by atoms with Crippen LogP contribution in [-0.2, 0) is 21.1 Å². The molecule has 0 aromatic heterocycles. The summed E-state index contributed by atoms with van der Waals surface area (Å²) in [5.41, 5.74) is 1.78. The van der Waals surface area contributed by atoms with Crippen molar-refractivity contribution in [2.75, 3.05) is 6.26 Å². The summed E-state index contributed by atoms with van der Waals surface area (Å²) in [6, 6.07) is 7.44. The van der Waals surface area contributed by atoms with Crippen molar-refractivity contribution >= 4 is 32.7 Å². The van der Waals surface area contributed by atoms with Crippen molar-refractivity contribution in [3.05, 3.63) is 35.4 Å². The van der Waals surface area contributed by atoms with Crippen LogP contribution >= 0.6 is 11.8 Å². The molecule has 1 heterocycles. The monoisotopic (exact) mass is 325 g/mol. The summed E-state index contributed by atoms with van der Waals surface area (Å²) in [4.78, 5) is 23.2. The van der Waals surface area contributed by atoms with Gasteiger partial charge in [-0.3, -0.25) is 14.9 Å². The van der Waals surface area contributed by atoms with Crippen LogP contribution in [0.15, 0.2) is 24.3 Å². The van der Waals surface area contributed by atoms with Crippen LogP contribution in [0.1, 0.15) is 22.8 Å². The topological polar surface area (TPSA) is 80.3 Å². The van der Waals surface area contributed by atoms with Gasteiger partial charge < -0.3 is 0 Å². The molecule has 3 rings (SSSR count). The minimum absolute atomic E-state index is 0.143. The number of carbonyl (C=O) groups excluding carboxylic acids is 2. The average Bonchev–Trinajstić information content (AvgIpc) is 2.75. The van der Waals surface area contributed by atoms with Crippen molar-refractivity contribution in [3.63, 3.8) is 0 Å². The summed E-state index contributed by atoms with van der Waals surface area (Å²) < 4.78 is 24.2. The number of thioether (sulfide) groups is 1. The molecule has 1 N–H and O–H groups in total. The first kappa shape index (κ1) is 14.6. The Hall–Kier alpha value is -1.34. The minimum atomic E-state index is -3.26. The van der Waals surface area contributed by atoms with Gasteiger partial charge in [0, 0.05) is 6.26 Å². The van der Waals surface area contributed by atoms with E-state index in [-0.39, 0.29) is 17.1 Å². The first-order chi connectivity index (χ1) is 9.86. The van der Waals surface area contributed by atoms with E-state index in [0.29, 0.717) is 12.8 Å². The molecule has 1 fully saturated rings. The summed E-state index contributed by atoms with van der Waals surface area (Å²) >= 11 is 0.973. The second kappa shape index (κ2) is 5.14. The Morgan fingerprint density at radius 3 is 2.57 bits per heavy atom. The van der Waals surface area contributed by atoms with Gasteiger partial charge in [-0.1, -0.05) is 36.0 Å². The lowest BCUT2D eigenvalue weighted by atomic mass is 9.81. The molecule has 0 saturated carbocycles. The lowest BCUT2D eigenvalue weighted by molar-refractivity contribution is -0.119. The molecule has 2 amide bonds. The van der Waals surface area contributed by atoms with Gasteiger partial charge in [0.05, 0.1) is 10.5 Å². The number of imide groups is 1. The second-order valence-corrected chi connectivity index (χ2v) is 8.87. The second-order valence-electron chi connectivity index (χ2n) is 5.53. The smallest absolute Gasteiger partial charge is 0.286 e. The van der Waals surface area contributed by atoms with E-state index in [4.69, 9.17) is 0 Å². The maximum Gasteiger partial charge on any atom is 0.286 e. The number of hydrogen-bond acceptors (Lipinski definition) is 5. The molecule has 5 nitrogen and oxygen atoms in total. The highest BCUT2D eigenvalue weighted by Crippen LogP contribution is 2.42. The van der Waals surface area contributed by atoms with E-state index >= 15 is 0 Å². The maximum atomic E-state index is 12.1. The van der Waals surface area contributed by atoms with Gasteiger partial charge in [-0.15, -0.1) is 0 Å². The molecule has 0 bridgehead atoms. The highest BCUT2D eigenvalue weighted by Gasteiger charge is 2.43. The van der Waals surface area contributed by atoms with Crippen LogP contribution in [0.5, 0.6) is 0 Å². The number of benzene rings is 1. The first-order valence-electron chi connectivity index (χ1n) is 6.64. The Balaban J connectivity index is 1.98. The average molecular weight is 325 g/mol. The normalized spacial score (nSPS) is 29.1. The fraction of sp³-hybridized carbons (Fsp3) is 0.429. The van der Waals surface area contributed by atoms with Crippen LogP contribution in [0, 0.1) is 5.92 Å².